The van der Waals surface area contributed by atoms with Gasteiger partial charge in [0, 0.05) is 18.7 Å². The van der Waals surface area contributed by atoms with Gasteiger partial charge in [-0.3, -0.25) is 9.89 Å². The zero-order valence-corrected chi connectivity index (χ0v) is 13.9. The van der Waals surface area contributed by atoms with E-state index in [0.29, 0.717) is 32.0 Å². The average molecular weight is 327 g/mol. The molecule has 0 unspecified atom stereocenters. The molecule has 2 aliphatic heterocycles. The predicted octanol–water partition coefficient (Wildman–Crippen LogP) is 2.30. The van der Waals surface area contributed by atoms with Gasteiger partial charge in [-0.2, -0.15) is 5.10 Å². The Morgan fingerprint density at radius 3 is 2.50 bits per heavy atom. The molecular formula is C18H21N3O3. The summed E-state index contributed by atoms with van der Waals surface area (Å²) in [6.45, 7) is 6.39. The SMILES string of the molecule is CC1(C)OCC2(CO1)CN(C(=O)c1cc(-c3ccccc3)n[nH]1)C2. The Bertz CT molecular complexity index is 736. The third-order valence-corrected chi connectivity index (χ3v) is 4.67. The first-order valence-electron chi connectivity index (χ1n) is 8.15. The first-order valence-corrected chi connectivity index (χ1v) is 8.15. The number of carbonyl (C=O) groups is 1. The Hall–Kier alpha value is -2.18. The number of nitrogens with zero attached hydrogens (tertiary/aromatic N) is 2. The Morgan fingerprint density at radius 2 is 1.83 bits per heavy atom. The molecule has 24 heavy (non-hydrogen) atoms. The van der Waals surface area contributed by atoms with E-state index in [9.17, 15) is 4.79 Å². The van der Waals surface area contributed by atoms with Crippen molar-refractivity contribution in [2.45, 2.75) is 19.6 Å². The maximum atomic E-state index is 12.6. The van der Waals surface area contributed by atoms with Crippen LogP contribution in [0.1, 0.15) is 24.3 Å². The second-order valence-electron chi connectivity index (χ2n) is 7.17. The van der Waals surface area contributed by atoms with Gasteiger partial charge < -0.3 is 14.4 Å². The number of benzene rings is 1. The molecule has 1 aromatic carbocycles. The maximum Gasteiger partial charge on any atom is 0.271 e. The lowest BCUT2D eigenvalue weighted by atomic mass is 9.80. The lowest BCUT2D eigenvalue weighted by molar-refractivity contribution is -0.301. The van der Waals surface area contributed by atoms with Gasteiger partial charge in [0.15, 0.2) is 5.79 Å². The molecule has 1 aromatic heterocycles. The van der Waals surface area contributed by atoms with Gasteiger partial charge in [0.2, 0.25) is 0 Å². The molecule has 1 spiro atoms. The summed E-state index contributed by atoms with van der Waals surface area (Å²) in [5.74, 6) is -0.552. The van der Waals surface area contributed by atoms with Crippen molar-refractivity contribution in [2.24, 2.45) is 5.41 Å². The monoisotopic (exact) mass is 327 g/mol. The number of ether oxygens (including phenoxy) is 2. The van der Waals surface area contributed by atoms with E-state index in [0.717, 1.165) is 11.3 Å². The second kappa shape index (κ2) is 5.43. The van der Waals surface area contributed by atoms with Gasteiger partial charge in [-0.15, -0.1) is 0 Å². The molecule has 2 saturated heterocycles. The fourth-order valence-corrected chi connectivity index (χ4v) is 3.19. The van der Waals surface area contributed by atoms with Crippen LogP contribution in [0.5, 0.6) is 0 Å². The molecule has 4 rings (SSSR count). The Kier molecular flexibility index (Phi) is 3.47. The van der Waals surface area contributed by atoms with Crippen molar-refractivity contribution in [3.8, 4) is 11.3 Å². The summed E-state index contributed by atoms with van der Waals surface area (Å²) in [5.41, 5.74) is 2.22. The molecular weight excluding hydrogens is 306 g/mol. The quantitative estimate of drug-likeness (QED) is 0.919. The van der Waals surface area contributed by atoms with Gasteiger partial charge in [0.1, 0.15) is 5.69 Å². The third kappa shape index (κ3) is 2.72. The molecule has 0 bridgehead atoms. The fraction of sp³-hybridized carbons (Fsp3) is 0.444. The zero-order valence-electron chi connectivity index (χ0n) is 13.9. The summed E-state index contributed by atoms with van der Waals surface area (Å²) >= 11 is 0. The van der Waals surface area contributed by atoms with Crippen LogP contribution < -0.4 is 0 Å². The Balaban J connectivity index is 1.41. The number of amides is 1. The number of H-pyrrole nitrogens is 1. The van der Waals surface area contributed by atoms with Crippen LogP contribution in [0.15, 0.2) is 36.4 Å². The molecule has 126 valence electrons. The van der Waals surface area contributed by atoms with Crippen LogP contribution in [0.3, 0.4) is 0 Å². The lowest BCUT2D eigenvalue weighted by Gasteiger charge is -2.53. The van der Waals surface area contributed by atoms with Crippen molar-refractivity contribution in [1.29, 1.82) is 0 Å². The highest BCUT2D eigenvalue weighted by atomic mass is 16.7. The zero-order chi connectivity index (χ0) is 16.8. The summed E-state index contributed by atoms with van der Waals surface area (Å²) in [7, 11) is 0. The largest absolute Gasteiger partial charge is 0.350 e. The van der Waals surface area contributed by atoms with E-state index in [2.05, 4.69) is 10.2 Å². The van der Waals surface area contributed by atoms with Crippen molar-refractivity contribution in [3.63, 3.8) is 0 Å². The van der Waals surface area contributed by atoms with Crippen LogP contribution in [0.25, 0.3) is 11.3 Å². The van der Waals surface area contributed by atoms with E-state index in [4.69, 9.17) is 9.47 Å². The topological polar surface area (TPSA) is 67.5 Å². The number of carbonyl (C=O) groups excluding carboxylic acids is 1. The first kappa shape index (κ1) is 15.4. The molecule has 6 nitrogen and oxygen atoms in total. The van der Waals surface area contributed by atoms with E-state index < -0.39 is 5.79 Å². The van der Waals surface area contributed by atoms with Crippen molar-refractivity contribution >= 4 is 5.91 Å². The van der Waals surface area contributed by atoms with Crippen LogP contribution in [0.4, 0.5) is 0 Å². The minimum Gasteiger partial charge on any atom is -0.350 e. The van der Waals surface area contributed by atoms with Gasteiger partial charge in [0.25, 0.3) is 5.91 Å². The predicted molar refractivity (Wildman–Crippen MR) is 88.3 cm³/mol. The standard InChI is InChI=1S/C18H21N3O3/c1-17(2)23-11-18(12-24-17)9-21(10-18)16(22)15-8-14(19-20-15)13-6-4-3-5-7-13/h3-8H,9-12H2,1-2H3,(H,19,20). The van der Waals surface area contributed by atoms with E-state index in [1.54, 1.807) is 6.07 Å². The highest BCUT2D eigenvalue weighted by Crippen LogP contribution is 2.38. The summed E-state index contributed by atoms with van der Waals surface area (Å²) in [4.78, 5) is 14.4. The molecule has 0 atom stereocenters. The normalized spacial score (nSPS) is 21.5. The van der Waals surface area contributed by atoms with Crippen LogP contribution in [-0.4, -0.2) is 53.1 Å². The van der Waals surface area contributed by atoms with Crippen molar-refractivity contribution in [3.05, 3.63) is 42.1 Å². The molecule has 6 heteroatoms. The van der Waals surface area contributed by atoms with Crippen molar-refractivity contribution < 1.29 is 14.3 Å². The Morgan fingerprint density at radius 1 is 1.17 bits per heavy atom. The summed E-state index contributed by atoms with van der Waals surface area (Å²) in [6, 6.07) is 11.6. The van der Waals surface area contributed by atoms with Gasteiger partial charge in [-0.05, 0) is 19.9 Å². The van der Waals surface area contributed by atoms with E-state index in [1.165, 1.54) is 0 Å². The molecule has 1 N–H and O–H groups in total. The maximum absolute atomic E-state index is 12.6. The van der Waals surface area contributed by atoms with E-state index in [1.807, 2.05) is 49.1 Å². The smallest absolute Gasteiger partial charge is 0.271 e. The van der Waals surface area contributed by atoms with Crippen LogP contribution in [0.2, 0.25) is 0 Å². The summed E-state index contributed by atoms with van der Waals surface area (Å²) in [5, 5.41) is 7.10. The minimum absolute atomic E-state index is 0.0276. The van der Waals surface area contributed by atoms with Gasteiger partial charge >= 0.3 is 0 Å². The molecule has 2 fully saturated rings. The van der Waals surface area contributed by atoms with E-state index in [-0.39, 0.29) is 11.3 Å². The number of aromatic amines is 1. The van der Waals surface area contributed by atoms with Gasteiger partial charge in [-0.25, -0.2) is 0 Å². The van der Waals surface area contributed by atoms with Gasteiger partial charge in [-0.1, -0.05) is 30.3 Å². The Labute approximate surface area is 140 Å². The number of hydrogen-bond acceptors (Lipinski definition) is 4. The highest BCUT2D eigenvalue weighted by Gasteiger charge is 2.50. The molecule has 0 saturated carbocycles. The molecule has 0 aliphatic carbocycles. The van der Waals surface area contributed by atoms with E-state index >= 15 is 0 Å². The molecule has 0 radical (unpaired) electrons. The third-order valence-electron chi connectivity index (χ3n) is 4.67. The van der Waals surface area contributed by atoms with Crippen LogP contribution in [0, 0.1) is 5.41 Å². The average Bonchev–Trinajstić information content (AvgIpc) is 3.03. The number of hydrogen-bond donors (Lipinski definition) is 1. The van der Waals surface area contributed by atoms with Crippen molar-refractivity contribution in [2.75, 3.05) is 26.3 Å². The van der Waals surface area contributed by atoms with Crippen LogP contribution in [-0.2, 0) is 9.47 Å². The lowest BCUT2D eigenvalue weighted by Crippen LogP contribution is -2.65. The fourth-order valence-electron chi connectivity index (χ4n) is 3.19. The number of rotatable bonds is 2. The molecule has 1 amide bonds. The van der Waals surface area contributed by atoms with Gasteiger partial charge in [0.05, 0.1) is 24.3 Å². The molecule has 2 aromatic rings. The number of likely N-dealkylation sites (tertiary alicyclic amines) is 1. The number of aromatic nitrogens is 2. The molecule has 3 heterocycles. The highest BCUT2D eigenvalue weighted by molar-refractivity contribution is 5.94. The second-order valence-corrected chi connectivity index (χ2v) is 7.17. The van der Waals surface area contributed by atoms with Crippen LogP contribution >= 0.6 is 0 Å². The van der Waals surface area contributed by atoms with Crippen molar-refractivity contribution in [1.82, 2.24) is 15.1 Å². The number of nitrogens with one attached hydrogen (secondary N) is 1. The summed E-state index contributed by atoms with van der Waals surface area (Å²) < 4.78 is 11.5. The minimum atomic E-state index is -0.524. The first-order chi connectivity index (χ1) is 11.5. The summed E-state index contributed by atoms with van der Waals surface area (Å²) in [6.07, 6.45) is 0. The molecule has 2 aliphatic rings.